The molecule has 34 heavy (non-hydrogen) atoms. The summed E-state index contributed by atoms with van der Waals surface area (Å²) in [6, 6.07) is 12.5. The lowest BCUT2D eigenvalue weighted by atomic mass is 10.1. The number of nitrogens with two attached hydrogens (primary N) is 1. The average molecular weight is 486 g/mol. The molecule has 1 fully saturated rings. The molecule has 2 aromatic carbocycles. The summed E-state index contributed by atoms with van der Waals surface area (Å²) in [4.78, 5) is 8.89. The van der Waals surface area contributed by atoms with Gasteiger partial charge in [0.25, 0.3) is 11.8 Å². The molecule has 0 bridgehead atoms. The molecular weight excluding hydrogens is 461 g/mol. The van der Waals surface area contributed by atoms with Gasteiger partial charge in [0.15, 0.2) is 21.3 Å². The topological polar surface area (TPSA) is 134 Å². The molecule has 0 radical (unpaired) electrons. The fraction of sp³-hybridized carbons (Fsp3) is 0.217. The quantitative estimate of drug-likeness (QED) is 0.444. The van der Waals surface area contributed by atoms with Crippen molar-refractivity contribution in [2.75, 3.05) is 18.9 Å². The zero-order valence-electron chi connectivity index (χ0n) is 17.9. The summed E-state index contributed by atoms with van der Waals surface area (Å²) in [5.41, 5.74) is 7.35. The highest BCUT2D eigenvalue weighted by molar-refractivity contribution is 7.92. The maximum absolute atomic E-state index is 14.1. The van der Waals surface area contributed by atoms with Crippen molar-refractivity contribution in [2.45, 2.75) is 23.0 Å². The lowest BCUT2D eigenvalue weighted by Crippen LogP contribution is -2.28. The van der Waals surface area contributed by atoms with Crippen molar-refractivity contribution in [1.29, 1.82) is 0 Å². The Labute approximate surface area is 197 Å². The van der Waals surface area contributed by atoms with Crippen LogP contribution in [-0.4, -0.2) is 47.0 Å². The Morgan fingerprint density at radius 3 is 2.44 bits per heavy atom. The molecule has 0 aliphatic carbocycles. The lowest BCUT2D eigenvalue weighted by molar-refractivity contribution is 0.0983. The van der Waals surface area contributed by atoms with Gasteiger partial charge in [-0.2, -0.15) is 0 Å². The number of hydrogen-bond donors (Lipinski definition) is 1. The molecule has 1 aliphatic heterocycles. The molecule has 0 amide bonds. The van der Waals surface area contributed by atoms with E-state index in [1.165, 1.54) is 18.3 Å². The maximum Gasteiger partial charge on any atom is 0.270 e. The van der Waals surface area contributed by atoms with E-state index < -0.39 is 20.9 Å². The van der Waals surface area contributed by atoms with Gasteiger partial charge >= 0.3 is 0 Å². The number of hydrogen-bond acceptors (Lipinski definition) is 9. The van der Waals surface area contributed by atoms with Gasteiger partial charge in [0, 0.05) is 21.6 Å². The molecule has 1 aliphatic rings. The fourth-order valence-electron chi connectivity index (χ4n) is 3.75. The van der Waals surface area contributed by atoms with E-state index in [0.717, 1.165) is 0 Å². The van der Waals surface area contributed by atoms with Crippen molar-refractivity contribution >= 4 is 15.7 Å². The number of rotatable bonds is 5. The molecule has 0 unspecified atom stereocenters. The molecule has 11 heteroatoms. The fourth-order valence-corrected chi connectivity index (χ4v) is 5.46. The van der Waals surface area contributed by atoms with Gasteiger partial charge in [0.1, 0.15) is 5.82 Å². The van der Waals surface area contributed by atoms with Crippen LogP contribution in [0.5, 0.6) is 0 Å². The molecule has 2 aromatic heterocycles. The van der Waals surface area contributed by atoms with E-state index in [1.807, 2.05) is 0 Å². The Morgan fingerprint density at radius 2 is 1.71 bits per heavy atom. The summed E-state index contributed by atoms with van der Waals surface area (Å²) in [7, 11) is -3.45. The molecule has 2 N–H and O–H groups in total. The first-order valence-electron chi connectivity index (χ1n) is 10.6. The van der Waals surface area contributed by atoms with Crippen LogP contribution in [0.1, 0.15) is 15.7 Å². The minimum atomic E-state index is -3.45. The van der Waals surface area contributed by atoms with Crippen molar-refractivity contribution in [1.82, 2.24) is 20.2 Å². The largest absolute Gasteiger partial charge is 0.414 e. The molecule has 3 heterocycles. The second kappa shape index (κ2) is 8.92. The Kier molecular flexibility index (Phi) is 5.80. The highest BCUT2D eigenvalue weighted by Crippen LogP contribution is 2.30. The highest BCUT2D eigenvalue weighted by Gasteiger charge is 2.29. The molecule has 0 atom stereocenters. The van der Waals surface area contributed by atoms with E-state index in [2.05, 4.69) is 20.2 Å². The predicted molar refractivity (Wildman–Crippen MR) is 126 cm³/mol. The van der Waals surface area contributed by atoms with Crippen molar-refractivity contribution in [3.8, 4) is 34.3 Å². The molecule has 0 spiro atoms. The minimum Gasteiger partial charge on any atom is -0.414 e. The van der Waals surface area contributed by atoms with E-state index in [-0.39, 0.29) is 36.6 Å². The van der Waals surface area contributed by atoms with Crippen molar-refractivity contribution in [3.63, 3.8) is 0 Å². The Bertz CT molecular complexity index is 1450. The normalized spacial score (nSPS) is 14.9. The number of benzene rings is 2. The third-order valence-electron chi connectivity index (χ3n) is 5.62. The Balaban J connectivity index is 0.00000180. The number of halogens is 1. The highest BCUT2D eigenvalue weighted by atomic mass is 32.2. The Morgan fingerprint density at radius 1 is 1.00 bits per heavy atom. The summed E-state index contributed by atoms with van der Waals surface area (Å²) in [5, 5.41) is 7.39. The monoisotopic (exact) mass is 485 g/mol. The standard InChI is InChI=1S/C23H20FN5O4S.2H2/c24-18-4-2-1-3-17(18)22-28-29-23(33-22)20-21(25)26-13-19(27-20)14-5-7-15(8-6-14)34(30,31)16-9-11-32-12-10-16;;/h1-8,13,16H,9-12H2,(H2,25,26);2*1H. The summed E-state index contributed by atoms with van der Waals surface area (Å²) in [5.74, 6) is -0.460. The van der Waals surface area contributed by atoms with Gasteiger partial charge in [0.2, 0.25) is 0 Å². The van der Waals surface area contributed by atoms with Crippen LogP contribution in [0.4, 0.5) is 10.2 Å². The lowest BCUT2D eigenvalue weighted by Gasteiger charge is -2.22. The smallest absolute Gasteiger partial charge is 0.270 e. The number of aromatic nitrogens is 4. The zero-order chi connectivity index (χ0) is 23.7. The SMILES string of the molecule is Nc1ncc(-c2ccc(S(=O)(=O)C3CCOCC3)cc2)nc1-c1nnc(-c2ccccc2F)o1.[HH].[HH]. The number of nitrogen functional groups attached to an aromatic ring is 1. The van der Waals surface area contributed by atoms with Crippen LogP contribution in [0.15, 0.2) is 64.0 Å². The second-order valence-corrected chi connectivity index (χ2v) is 9.99. The van der Waals surface area contributed by atoms with Crippen LogP contribution in [0.2, 0.25) is 0 Å². The molecule has 4 aromatic rings. The summed E-state index contributed by atoms with van der Waals surface area (Å²) in [6.07, 6.45) is 2.43. The van der Waals surface area contributed by atoms with Gasteiger partial charge in [-0.3, -0.25) is 0 Å². The van der Waals surface area contributed by atoms with E-state index >= 15 is 0 Å². The first-order chi connectivity index (χ1) is 16.4. The van der Waals surface area contributed by atoms with Gasteiger partial charge < -0.3 is 14.9 Å². The van der Waals surface area contributed by atoms with Crippen molar-refractivity contribution < 1.29 is 24.8 Å². The van der Waals surface area contributed by atoms with Crippen LogP contribution in [0.25, 0.3) is 34.3 Å². The van der Waals surface area contributed by atoms with E-state index in [1.54, 1.807) is 36.4 Å². The molecule has 9 nitrogen and oxygen atoms in total. The first-order valence-corrected chi connectivity index (χ1v) is 12.1. The average Bonchev–Trinajstić information content (AvgIpc) is 3.35. The molecular formula is C23H24FN5O4S. The van der Waals surface area contributed by atoms with Crippen LogP contribution >= 0.6 is 0 Å². The van der Waals surface area contributed by atoms with Crippen LogP contribution in [-0.2, 0) is 14.6 Å². The third-order valence-corrected chi connectivity index (χ3v) is 7.90. The summed E-state index contributed by atoms with van der Waals surface area (Å²) in [6.45, 7) is 0.889. The number of sulfone groups is 1. The summed E-state index contributed by atoms with van der Waals surface area (Å²) < 4.78 is 50.7. The molecule has 5 rings (SSSR count). The van der Waals surface area contributed by atoms with Gasteiger partial charge in [0.05, 0.1) is 27.6 Å². The molecule has 178 valence electrons. The molecule has 1 saturated heterocycles. The number of nitrogens with zero attached hydrogens (tertiary/aromatic N) is 4. The molecule has 0 saturated carbocycles. The van der Waals surface area contributed by atoms with Crippen LogP contribution < -0.4 is 5.73 Å². The zero-order valence-corrected chi connectivity index (χ0v) is 18.7. The van der Waals surface area contributed by atoms with Gasteiger partial charge in [-0.15, -0.1) is 10.2 Å². The minimum absolute atomic E-state index is 0. The van der Waals surface area contributed by atoms with E-state index in [4.69, 9.17) is 14.9 Å². The van der Waals surface area contributed by atoms with E-state index in [0.29, 0.717) is 37.3 Å². The predicted octanol–water partition coefficient (Wildman–Crippen LogP) is 4.03. The Hall–Kier alpha value is -3.70. The second-order valence-electron chi connectivity index (χ2n) is 7.76. The van der Waals surface area contributed by atoms with Gasteiger partial charge in [-0.05, 0) is 37.1 Å². The van der Waals surface area contributed by atoms with Crippen LogP contribution in [0.3, 0.4) is 0 Å². The van der Waals surface area contributed by atoms with Crippen molar-refractivity contribution in [2.24, 2.45) is 0 Å². The van der Waals surface area contributed by atoms with Crippen molar-refractivity contribution in [3.05, 3.63) is 60.5 Å². The number of ether oxygens (including phenoxy) is 1. The maximum atomic E-state index is 14.1. The summed E-state index contributed by atoms with van der Waals surface area (Å²) >= 11 is 0. The van der Waals surface area contributed by atoms with Crippen LogP contribution in [0, 0.1) is 5.82 Å². The van der Waals surface area contributed by atoms with E-state index in [9.17, 15) is 12.8 Å². The number of anilines is 1. The van der Waals surface area contributed by atoms with Gasteiger partial charge in [-0.1, -0.05) is 24.3 Å². The van der Waals surface area contributed by atoms with Gasteiger partial charge in [-0.25, -0.2) is 22.8 Å². The third kappa shape index (κ3) is 4.15. The first kappa shape index (κ1) is 22.1.